The van der Waals surface area contributed by atoms with E-state index in [1.807, 2.05) is 20.9 Å². The van der Waals surface area contributed by atoms with E-state index in [0.717, 1.165) is 13.1 Å². The monoisotopic (exact) mass is 171 g/mol. The smallest absolute Gasteiger partial charge is 0.159 e. The van der Waals surface area contributed by atoms with Gasteiger partial charge in [-0.1, -0.05) is 0 Å². The molecular formula is C9H17NO2. The van der Waals surface area contributed by atoms with Crippen LogP contribution in [0.1, 0.15) is 20.8 Å². The molecule has 0 unspecified atom stereocenters. The summed E-state index contributed by atoms with van der Waals surface area (Å²) < 4.78 is 5.61. The minimum atomic E-state index is -0.237. The molecular weight excluding hydrogens is 154 g/mol. The van der Waals surface area contributed by atoms with E-state index in [-0.39, 0.29) is 17.5 Å². The van der Waals surface area contributed by atoms with Crippen LogP contribution in [0.2, 0.25) is 0 Å². The van der Waals surface area contributed by atoms with E-state index in [1.54, 1.807) is 6.92 Å². The predicted molar refractivity (Wildman–Crippen MR) is 47.1 cm³/mol. The third-order valence-corrected chi connectivity index (χ3v) is 2.04. The van der Waals surface area contributed by atoms with E-state index in [1.165, 1.54) is 0 Å². The summed E-state index contributed by atoms with van der Waals surface area (Å²) in [5.41, 5.74) is -0.191. The molecule has 0 aromatic rings. The summed E-state index contributed by atoms with van der Waals surface area (Å²) in [6, 6.07) is 0. The number of rotatable bonds is 1. The highest BCUT2D eigenvalue weighted by Gasteiger charge is 2.33. The van der Waals surface area contributed by atoms with Gasteiger partial charge in [-0.3, -0.25) is 4.79 Å². The van der Waals surface area contributed by atoms with E-state index in [9.17, 15) is 4.79 Å². The number of hydrogen-bond donors (Lipinski definition) is 0. The summed E-state index contributed by atoms with van der Waals surface area (Å²) in [5.74, 6) is 0.120. The summed E-state index contributed by atoms with van der Waals surface area (Å²) in [6.45, 7) is 7.21. The number of Topliss-reactive ketones (excluding diaryl/α,β-unsaturated/α-hetero) is 1. The van der Waals surface area contributed by atoms with Crippen molar-refractivity contribution in [3.05, 3.63) is 0 Å². The topological polar surface area (TPSA) is 29.5 Å². The molecule has 0 aromatic heterocycles. The minimum Gasteiger partial charge on any atom is -0.362 e. The number of likely N-dealkylation sites (N-methyl/N-ethyl adjacent to an activating group) is 1. The van der Waals surface area contributed by atoms with Crippen LogP contribution < -0.4 is 0 Å². The van der Waals surface area contributed by atoms with Crippen molar-refractivity contribution < 1.29 is 9.53 Å². The molecule has 0 aromatic carbocycles. The van der Waals surface area contributed by atoms with Gasteiger partial charge in [0, 0.05) is 13.1 Å². The van der Waals surface area contributed by atoms with Crippen LogP contribution in [-0.2, 0) is 9.53 Å². The first kappa shape index (κ1) is 9.68. The number of carbonyl (C=O) groups excluding carboxylic acids is 1. The van der Waals surface area contributed by atoms with Crippen LogP contribution in [0.15, 0.2) is 0 Å². The van der Waals surface area contributed by atoms with Crippen LogP contribution >= 0.6 is 0 Å². The number of hydrogen-bond acceptors (Lipinski definition) is 3. The molecule has 0 aliphatic carbocycles. The molecule has 3 nitrogen and oxygen atoms in total. The number of ether oxygens (including phenoxy) is 1. The fourth-order valence-electron chi connectivity index (χ4n) is 1.67. The third kappa shape index (κ3) is 2.29. The molecule has 70 valence electrons. The molecule has 1 fully saturated rings. The van der Waals surface area contributed by atoms with Crippen LogP contribution in [-0.4, -0.2) is 42.5 Å². The number of ketones is 1. The predicted octanol–water partition coefficient (Wildman–Crippen LogP) is 0.685. The van der Waals surface area contributed by atoms with Crippen LogP contribution in [0.3, 0.4) is 0 Å². The van der Waals surface area contributed by atoms with Crippen molar-refractivity contribution in [2.75, 3.05) is 20.1 Å². The lowest BCUT2D eigenvalue weighted by atomic mass is 10.0. The molecule has 12 heavy (non-hydrogen) atoms. The van der Waals surface area contributed by atoms with Crippen molar-refractivity contribution in [1.82, 2.24) is 4.90 Å². The van der Waals surface area contributed by atoms with Gasteiger partial charge in [-0.2, -0.15) is 0 Å². The standard InChI is InChI=1S/C9H17NO2/c1-7(11)8-5-10(4)6-9(2,3)12-8/h8H,5-6H2,1-4H3/t8-/m1/s1. The van der Waals surface area contributed by atoms with Crippen molar-refractivity contribution in [2.45, 2.75) is 32.5 Å². The van der Waals surface area contributed by atoms with Crippen molar-refractivity contribution in [3.63, 3.8) is 0 Å². The Balaban J connectivity index is 2.64. The van der Waals surface area contributed by atoms with Gasteiger partial charge >= 0.3 is 0 Å². The van der Waals surface area contributed by atoms with Crippen LogP contribution in [0.25, 0.3) is 0 Å². The molecule has 1 heterocycles. The first-order chi connectivity index (χ1) is 5.41. The van der Waals surface area contributed by atoms with Gasteiger partial charge in [-0.05, 0) is 27.8 Å². The van der Waals surface area contributed by atoms with E-state index < -0.39 is 0 Å². The maximum atomic E-state index is 11.1. The Labute approximate surface area is 73.7 Å². The van der Waals surface area contributed by atoms with Crippen molar-refractivity contribution >= 4 is 5.78 Å². The second-order valence-corrected chi connectivity index (χ2v) is 4.17. The molecule has 3 heteroatoms. The third-order valence-electron chi connectivity index (χ3n) is 2.04. The van der Waals surface area contributed by atoms with Crippen molar-refractivity contribution in [1.29, 1.82) is 0 Å². The molecule has 0 N–H and O–H groups in total. The van der Waals surface area contributed by atoms with E-state index in [0.29, 0.717) is 0 Å². The van der Waals surface area contributed by atoms with Crippen LogP contribution in [0, 0.1) is 0 Å². The maximum Gasteiger partial charge on any atom is 0.159 e. The zero-order chi connectivity index (χ0) is 9.35. The minimum absolute atomic E-state index is 0.120. The number of nitrogens with zero attached hydrogens (tertiary/aromatic N) is 1. The maximum absolute atomic E-state index is 11.1. The van der Waals surface area contributed by atoms with E-state index in [4.69, 9.17) is 4.74 Å². The molecule has 0 amide bonds. The highest BCUT2D eigenvalue weighted by atomic mass is 16.5. The second-order valence-electron chi connectivity index (χ2n) is 4.17. The summed E-state index contributed by atoms with van der Waals surface area (Å²) in [7, 11) is 2.01. The Kier molecular flexibility index (Phi) is 2.54. The molecule has 1 rings (SSSR count). The van der Waals surface area contributed by atoms with Gasteiger partial charge in [-0.25, -0.2) is 0 Å². The molecule has 1 aliphatic heterocycles. The molecule has 1 aliphatic rings. The normalized spacial score (nSPS) is 30.2. The summed E-state index contributed by atoms with van der Waals surface area (Å²) in [5, 5.41) is 0. The zero-order valence-corrected chi connectivity index (χ0v) is 8.26. The van der Waals surface area contributed by atoms with Gasteiger partial charge in [0.1, 0.15) is 6.10 Å². The molecule has 0 spiro atoms. The molecule has 0 saturated carbocycles. The Morgan fingerprint density at radius 1 is 1.58 bits per heavy atom. The molecule has 1 saturated heterocycles. The zero-order valence-electron chi connectivity index (χ0n) is 8.26. The Hall–Kier alpha value is -0.410. The Morgan fingerprint density at radius 3 is 2.58 bits per heavy atom. The van der Waals surface area contributed by atoms with E-state index in [2.05, 4.69) is 4.90 Å². The van der Waals surface area contributed by atoms with Gasteiger partial charge < -0.3 is 9.64 Å². The largest absolute Gasteiger partial charge is 0.362 e. The van der Waals surface area contributed by atoms with Crippen LogP contribution in [0.5, 0.6) is 0 Å². The molecule has 0 bridgehead atoms. The second kappa shape index (κ2) is 3.15. The lowest BCUT2D eigenvalue weighted by Crippen LogP contribution is -2.53. The average Bonchev–Trinajstić information content (AvgIpc) is 1.82. The fraction of sp³-hybridized carbons (Fsp3) is 0.889. The number of carbonyl (C=O) groups is 1. The SMILES string of the molecule is CC(=O)[C@H]1CN(C)CC(C)(C)O1. The van der Waals surface area contributed by atoms with Gasteiger partial charge in [0.2, 0.25) is 0 Å². The lowest BCUT2D eigenvalue weighted by Gasteiger charge is -2.40. The van der Waals surface area contributed by atoms with Crippen LogP contribution in [0.4, 0.5) is 0 Å². The average molecular weight is 171 g/mol. The molecule has 1 atom stereocenters. The van der Waals surface area contributed by atoms with Crippen molar-refractivity contribution in [2.24, 2.45) is 0 Å². The van der Waals surface area contributed by atoms with E-state index >= 15 is 0 Å². The summed E-state index contributed by atoms with van der Waals surface area (Å²) in [6.07, 6.45) is -0.237. The Morgan fingerprint density at radius 2 is 2.17 bits per heavy atom. The highest BCUT2D eigenvalue weighted by Crippen LogP contribution is 2.19. The summed E-state index contributed by atoms with van der Waals surface area (Å²) in [4.78, 5) is 13.2. The summed E-state index contributed by atoms with van der Waals surface area (Å²) >= 11 is 0. The van der Waals surface area contributed by atoms with Gasteiger partial charge in [-0.15, -0.1) is 0 Å². The van der Waals surface area contributed by atoms with Gasteiger partial charge in [0.05, 0.1) is 5.60 Å². The first-order valence-corrected chi connectivity index (χ1v) is 4.27. The lowest BCUT2D eigenvalue weighted by molar-refractivity contribution is -0.157. The fourth-order valence-corrected chi connectivity index (χ4v) is 1.67. The first-order valence-electron chi connectivity index (χ1n) is 4.27. The molecule has 0 radical (unpaired) electrons. The quantitative estimate of drug-likeness (QED) is 0.581. The van der Waals surface area contributed by atoms with Gasteiger partial charge in [0.15, 0.2) is 5.78 Å². The van der Waals surface area contributed by atoms with Crippen molar-refractivity contribution in [3.8, 4) is 0 Å². The Bertz CT molecular complexity index is 189. The highest BCUT2D eigenvalue weighted by molar-refractivity contribution is 5.80. The van der Waals surface area contributed by atoms with Gasteiger partial charge in [0.25, 0.3) is 0 Å². The number of morpholine rings is 1.